The minimum Gasteiger partial charge on any atom is -0.307 e. The van der Waals surface area contributed by atoms with Crippen molar-refractivity contribution in [3.63, 3.8) is 0 Å². The van der Waals surface area contributed by atoms with Crippen molar-refractivity contribution in [3.05, 3.63) is 41.1 Å². The smallest absolute Gasteiger partial charge is 0.307 e. The zero-order chi connectivity index (χ0) is 16.4. The van der Waals surface area contributed by atoms with Gasteiger partial charge in [0, 0.05) is 11.8 Å². The largest absolute Gasteiger partial charge is 0.324 e. The molecule has 2 aromatic rings. The highest BCUT2D eigenvalue weighted by Crippen LogP contribution is 2.31. The standard InChI is InChI=1S/C18H24N4O/c1-12-8-9-13(2)16(10-12)19-18(23)20-17-11-14(3)21-22(17)15-6-4-5-7-15/h8-11,15H,4-7H2,1-3H3,(H2,19,20,23). The van der Waals surface area contributed by atoms with Crippen LogP contribution in [0.5, 0.6) is 0 Å². The molecular formula is C18H24N4O. The molecule has 5 nitrogen and oxygen atoms in total. The Morgan fingerprint density at radius 3 is 2.61 bits per heavy atom. The van der Waals surface area contributed by atoms with Crippen LogP contribution in [0.3, 0.4) is 0 Å². The molecule has 2 amide bonds. The number of carbonyl (C=O) groups is 1. The Labute approximate surface area is 137 Å². The molecule has 1 aromatic heterocycles. The van der Waals surface area contributed by atoms with Gasteiger partial charge in [0.05, 0.1) is 11.7 Å². The fraction of sp³-hybridized carbons (Fsp3) is 0.444. The lowest BCUT2D eigenvalue weighted by Crippen LogP contribution is -2.23. The average Bonchev–Trinajstić information content (AvgIpc) is 3.12. The van der Waals surface area contributed by atoms with E-state index >= 15 is 0 Å². The van der Waals surface area contributed by atoms with Crippen LogP contribution in [0, 0.1) is 20.8 Å². The van der Waals surface area contributed by atoms with E-state index in [0.717, 1.165) is 41.2 Å². The number of benzene rings is 1. The summed E-state index contributed by atoms with van der Waals surface area (Å²) in [5.74, 6) is 0.775. The summed E-state index contributed by atoms with van der Waals surface area (Å²) in [6.07, 6.45) is 4.73. The molecule has 23 heavy (non-hydrogen) atoms. The predicted molar refractivity (Wildman–Crippen MR) is 93.0 cm³/mol. The summed E-state index contributed by atoms with van der Waals surface area (Å²) < 4.78 is 1.98. The molecule has 0 saturated heterocycles. The van der Waals surface area contributed by atoms with E-state index < -0.39 is 0 Å². The van der Waals surface area contributed by atoms with Gasteiger partial charge < -0.3 is 5.32 Å². The maximum atomic E-state index is 12.4. The van der Waals surface area contributed by atoms with Gasteiger partial charge in [0.2, 0.25) is 0 Å². The summed E-state index contributed by atoms with van der Waals surface area (Å²) in [6, 6.07) is 8.14. The molecule has 0 unspecified atom stereocenters. The number of urea groups is 1. The molecule has 0 radical (unpaired) electrons. The van der Waals surface area contributed by atoms with Crippen LogP contribution in [0.2, 0.25) is 0 Å². The summed E-state index contributed by atoms with van der Waals surface area (Å²) >= 11 is 0. The number of amides is 2. The first-order chi connectivity index (χ1) is 11.0. The van der Waals surface area contributed by atoms with E-state index in [4.69, 9.17) is 0 Å². The number of carbonyl (C=O) groups excluding carboxylic acids is 1. The molecule has 2 N–H and O–H groups in total. The molecule has 0 atom stereocenters. The topological polar surface area (TPSA) is 59.0 Å². The number of rotatable bonds is 3. The van der Waals surface area contributed by atoms with Crippen molar-refractivity contribution in [1.29, 1.82) is 0 Å². The van der Waals surface area contributed by atoms with E-state index in [-0.39, 0.29) is 6.03 Å². The first-order valence-corrected chi connectivity index (χ1v) is 8.24. The number of hydrogen-bond donors (Lipinski definition) is 2. The van der Waals surface area contributed by atoms with E-state index in [0.29, 0.717) is 6.04 Å². The van der Waals surface area contributed by atoms with Crippen LogP contribution in [0.4, 0.5) is 16.3 Å². The van der Waals surface area contributed by atoms with Gasteiger partial charge in [-0.25, -0.2) is 9.48 Å². The highest BCUT2D eigenvalue weighted by molar-refractivity contribution is 5.99. The average molecular weight is 312 g/mol. The van der Waals surface area contributed by atoms with Crippen molar-refractivity contribution < 1.29 is 4.79 Å². The van der Waals surface area contributed by atoms with Gasteiger partial charge in [-0.15, -0.1) is 0 Å². The fourth-order valence-electron chi connectivity index (χ4n) is 3.18. The molecule has 1 aromatic carbocycles. The van der Waals surface area contributed by atoms with Gasteiger partial charge in [-0.1, -0.05) is 25.0 Å². The lowest BCUT2D eigenvalue weighted by molar-refractivity contribution is 0.262. The van der Waals surface area contributed by atoms with E-state index in [1.807, 2.05) is 49.7 Å². The van der Waals surface area contributed by atoms with Crippen LogP contribution in [-0.2, 0) is 0 Å². The van der Waals surface area contributed by atoms with Crippen molar-refractivity contribution in [3.8, 4) is 0 Å². The minimum absolute atomic E-state index is 0.224. The number of hydrogen-bond acceptors (Lipinski definition) is 2. The Balaban J connectivity index is 1.74. The lowest BCUT2D eigenvalue weighted by atomic mass is 10.1. The van der Waals surface area contributed by atoms with Gasteiger partial charge in [-0.05, 0) is 50.8 Å². The van der Waals surface area contributed by atoms with Crippen molar-refractivity contribution in [2.75, 3.05) is 10.6 Å². The van der Waals surface area contributed by atoms with Crippen molar-refractivity contribution in [2.45, 2.75) is 52.5 Å². The third-order valence-corrected chi connectivity index (χ3v) is 4.41. The number of nitrogens with one attached hydrogen (secondary N) is 2. The normalized spacial score (nSPS) is 14.9. The number of nitrogens with zero attached hydrogens (tertiary/aromatic N) is 2. The predicted octanol–water partition coefficient (Wildman–Crippen LogP) is 4.57. The third kappa shape index (κ3) is 3.55. The first-order valence-electron chi connectivity index (χ1n) is 8.24. The molecule has 0 aliphatic heterocycles. The van der Waals surface area contributed by atoms with Gasteiger partial charge in [0.25, 0.3) is 0 Å². The molecule has 122 valence electrons. The maximum Gasteiger partial charge on any atom is 0.324 e. The number of aryl methyl sites for hydroxylation is 3. The highest BCUT2D eigenvalue weighted by atomic mass is 16.2. The maximum absolute atomic E-state index is 12.4. The third-order valence-electron chi connectivity index (χ3n) is 4.41. The van der Waals surface area contributed by atoms with Gasteiger partial charge in [-0.3, -0.25) is 5.32 Å². The zero-order valence-corrected chi connectivity index (χ0v) is 14.0. The van der Waals surface area contributed by atoms with Crippen LogP contribution in [-0.4, -0.2) is 15.8 Å². The molecule has 1 fully saturated rings. The fourth-order valence-corrected chi connectivity index (χ4v) is 3.18. The second-order valence-corrected chi connectivity index (χ2v) is 6.45. The van der Waals surface area contributed by atoms with Crippen LogP contribution >= 0.6 is 0 Å². The molecular weight excluding hydrogens is 288 g/mol. The Morgan fingerprint density at radius 2 is 1.87 bits per heavy atom. The SMILES string of the molecule is Cc1ccc(C)c(NC(=O)Nc2cc(C)nn2C2CCCC2)c1. The van der Waals surface area contributed by atoms with E-state index in [2.05, 4.69) is 15.7 Å². The molecule has 1 saturated carbocycles. The summed E-state index contributed by atoms with van der Waals surface area (Å²) in [5.41, 5.74) is 3.94. The summed E-state index contributed by atoms with van der Waals surface area (Å²) in [4.78, 5) is 12.4. The zero-order valence-electron chi connectivity index (χ0n) is 14.0. The summed E-state index contributed by atoms with van der Waals surface area (Å²) in [5, 5.41) is 10.4. The van der Waals surface area contributed by atoms with Crippen molar-refractivity contribution >= 4 is 17.5 Å². The molecule has 1 heterocycles. The van der Waals surface area contributed by atoms with Crippen molar-refractivity contribution in [2.24, 2.45) is 0 Å². The van der Waals surface area contributed by atoms with Gasteiger partial charge in [-0.2, -0.15) is 5.10 Å². The van der Waals surface area contributed by atoms with Gasteiger partial charge in [0.1, 0.15) is 5.82 Å². The second kappa shape index (κ2) is 6.44. The quantitative estimate of drug-likeness (QED) is 0.872. The van der Waals surface area contributed by atoms with E-state index in [9.17, 15) is 4.79 Å². The van der Waals surface area contributed by atoms with E-state index in [1.165, 1.54) is 12.8 Å². The van der Waals surface area contributed by atoms with Crippen molar-refractivity contribution in [1.82, 2.24) is 9.78 Å². The number of anilines is 2. The van der Waals surface area contributed by atoms with E-state index in [1.54, 1.807) is 0 Å². The van der Waals surface area contributed by atoms with Crippen LogP contribution in [0.15, 0.2) is 24.3 Å². The monoisotopic (exact) mass is 312 g/mol. The molecule has 3 rings (SSSR count). The van der Waals surface area contributed by atoms with Crippen LogP contribution in [0.1, 0.15) is 48.5 Å². The Hall–Kier alpha value is -2.30. The summed E-state index contributed by atoms with van der Waals surface area (Å²) in [6.45, 7) is 5.96. The second-order valence-electron chi connectivity index (χ2n) is 6.45. The van der Waals surface area contributed by atoms with Gasteiger partial charge in [0.15, 0.2) is 0 Å². The molecule has 0 bridgehead atoms. The number of aromatic nitrogens is 2. The Bertz CT molecular complexity index is 714. The highest BCUT2D eigenvalue weighted by Gasteiger charge is 2.21. The molecule has 1 aliphatic carbocycles. The van der Waals surface area contributed by atoms with Crippen LogP contribution < -0.4 is 10.6 Å². The molecule has 5 heteroatoms. The lowest BCUT2D eigenvalue weighted by Gasteiger charge is -2.15. The summed E-state index contributed by atoms with van der Waals surface area (Å²) in [7, 11) is 0. The first kappa shape index (κ1) is 15.6. The minimum atomic E-state index is -0.224. The Kier molecular flexibility index (Phi) is 4.37. The molecule has 1 aliphatic rings. The Morgan fingerprint density at radius 1 is 1.13 bits per heavy atom. The molecule has 0 spiro atoms. The van der Waals surface area contributed by atoms with Crippen LogP contribution in [0.25, 0.3) is 0 Å². The van der Waals surface area contributed by atoms with Gasteiger partial charge >= 0.3 is 6.03 Å².